The number of carbonyl (C=O) groups is 3. The normalized spacial score (nSPS) is 14.3. The van der Waals surface area contributed by atoms with Crippen LogP contribution in [0.5, 0.6) is 0 Å². The molecule has 1 aromatic carbocycles. The predicted molar refractivity (Wildman–Crippen MR) is 116 cm³/mol. The van der Waals surface area contributed by atoms with Crippen LogP contribution >= 0.6 is 0 Å². The minimum Gasteiger partial charge on any atom is -0.481 e. The van der Waals surface area contributed by atoms with Crippen molar-refractivity contribution >= 4 is 17.8 Å². The third-order valence-electron chi connectivity index (χ3n) is 6.16. The number of carboxylic acids is 2. The zero-order valence-corrected chi connectivity index (χ0v) is 18.9. The Bertz CT molecular complexity index is 771. The number of hydrogen-bond acceptors (Lipinski definition) is 4. The lowest BCUT2D eigenvalue weighted by Crippen LogP contribution is -2.47. The molecule has 1 unspecified atom stereocenters. The van der Waals surface area contributed by atoms with Crippen molar-refractivity contribution in [1.82, 2.24) is 5.32 Å². The van der Waals surface area contributed by atoms with E-state index >= 15 is 0 Å². The maximum atomic E-state index is 12.3. The van der Waals surface area contributed by atoms with Gasteiger partial charge in [-0.25, -0.2) is 0 Å². The van der Waals surface area contributed by atoms with Crippen molar-refractivity contribution in [2.24, 2.45) is 17.1 Å². The van der Waals surface area contributed by atoms with Crippen molar-refractivity contribution in [1.29, 1.82) is 0 Å². The summed E-state index contributed by atoms with van der Waals surface area (Å²) in [5.74, 6) is -3.01. The Morgan fingerprint density at radius 1 is 1.07 bits per heavy atom. The number of aliphatic carboxylic acids is 2. The van der Waals surface area contributed by atoms with E-state index in [1.54, 1.807) is 13.8 Å². The molecule has 0 bridgehead atoms. The summed E-state index contributed by atoms with van der Waals surface area (Å²) in [5, 5.41) is 21.6. The first-order chi connectivity index (χ1) is 13.7. The van der Waals surface area contributed by atoms with Crippen molar-refractivity contribution in [3.05, 3.63) is 35.4 Å². The van der Waals surface area contributed by atoms with Crippen molar-refractivity contribution in [2.75, 3.05) is 6.54 Å². The molecule has 0 heterocycles. The molecule has 0 saturated carbocycles. The highest BCUT2D eigenvalue weighted by Gasteiger charge is 2.40. The molecule has 0 fully saturated rings. The molecule has 0 aromatic heterocycles. The van der Waals surface area contributed by atoms with E-state index in [2.05, 4.69) is 33.0 Å². The van der Waals surface area contributed by atoms with Crippen LogP contribution in [0.25, 0.3) is 0 Å². The fourth-order valence-corrected chi connectivity index (χ4v) is 3.49. The highest BCUT2D eigenvalue weighted by Crippen LogP contribution is 2.42. The van der Waals surface area contributed by atoms with E-state index in [9.17, 15) is 19.5 Å². The maximum absolute atomic E-state index is 12.3. The second kappa shape index (κ2) is 10.1. The van der Waals surface area contributed by atoms with Gasteiger partial charge < -0.3 is 21.3 Å². The van der Waals surface area contributed by atoms with Crippen LogP contribution in [0, 0.1) is 11.3 Å². The van der Waals surface area contributed by atoms with E-state index in [1.807, 2.05) is 24.3 Å². The van der Waals surface area contributed by atoms with Gasteiger partial charge in [0.1, 0.15) is 0 Å². The molecule has 1 amide bonds. The summed E-state index contributed by atoms with van der Waals surface area (Å²) in [7, 11) is 0. The van der Waals surface area contributed by atoms with Crippen LogP contribution in [0.1, 0.15) is 71.4 Å². The number of rotatable bonds is 11. The predicted octanol–water partition coefficient (Wildman–Crippen LogP) is 3.12. The van der Waals surface area contributed by atoms with Crippen molar-refractivity contribution in [2.45, 2.75) is 71.8 Å². The van der Waals surface area contributed by atoms with Gasteiger partial charge >= 0.3 is 11.9 Å². The number of nitrogens with one attached hydrogen (secondary N) is 1. The zero-order valence-electron chi connectivity index (χ0n) is 18.9. The van der Waals surface area contributed by atoms with Crippen molar-refractivity contribution in [3.8, 4) is 0 Å². The largest absolute Gasteiger partial charge is 0.481 e. The summed E-state index contributed by atoms with van der Waals surface area (Å²) >= 11 is 0. The molecule has 2 atom stereocenters. The Morgan fingerprint density at radius 2 is 1.63 bits per heavy atom. The minimum absolute atomic E-state index is 0.0232. The maximum Gasteiger partial charge on any atom is 0.311 e. The van der Waals surface area contributed by atoms with Crippen LogP contribution in [0.3, 0.4) is 0 Å². The number of carboxylic acid groups (broad SMARTS) is 2. The third-order valence-corrected chi connectivity index (χ3v) is 6.16. The van der Waals surface area contributed by atoms with E-state index in [0.717, 1.165) is 11.1 Å². The molecule has 0 aliphatic carbocycles. The molecule has 168 valence electrons. The molecule has 0 radical (unpaired) electrons. The Kier molecular flexibility index (Phi) is 8.60. The lowest BCUT2D eigenvalue weighted by Gasteiger charge is -2.38. The van der Waals surface area contributed by atoms with Crippen LogP contribution in [-0.2, 0) is 19.8 Å². The van der Waals surface area contributed by atoms with Crippen LogP contribution in [0.15, 0.2) is 24.3 Å². The summed E-state index contributed by atoms with van der Waals surface area (Å²) in [6.07, 6.45) is -0.178. The molecular formula is C23H36N2O5. The first kappa shape index (κ1) is 25.6. The smallest absolute Gasteiger partial charge is 0.311 e. The summed E-state index contributed by atoms with van der Waals surface area (Å²) in [5.41, 5.74) is 6.43. The van der Waals surface area contributed by atoms with Gasteiger partial charge in [0.25, 0.3) is 0 Å². The Balaban J connectivity index is 3.15. The van der Waals surface area contributed by atoms with E-state index in [4.69, 9.17) is 10.8 Å². The van der Waals surface area contributed by atoms with E-state index in [0.29, 0.717) is 5.92 Å². The number of carbonyl (C=O) groups excluding carboxylic acids is 1. The van der Waals surface area contributed by atoms with E-state index in [1.165, 1.54) is 0 Å². The van der Waals surface area contributed by atoms with Crippen LogP contribution in [0.2, 0.25) is 0 Å². The lowest BCUT2D eigenvalue weighted by molar-refractivity contribution is -0.142. The Labute approximate surface area is 179 Å². The highest BCUT2D eigenvalue weighted by molar-refractivity contribution is 5.82. The van der Waals surface area contributed by atoms with Crippen LogP contribution in [-0.4, -0.2) is 40.6 Å². The second-order valence-electron chi connectivity index (χ2n) is 9.48. The molecule has 30 heavy (non-hydrogen) atoms. The molecular weight excluding hydrogens is 384 g/mol. The van der Waals surface area contributed by atoms with Gasteiger partial charge in [0.05, 0.1) is 12.0 Å². The number of amides is 1. The second-order valence-corrected chi connectivity index (χ2v) is 9.48. The fraction of sp³-hybridized carbons (Fsp3) is 0.609. The van der Waals surface area contributed by atoms with Gasteiger partial charge in [0.2, 0.25) is 5.91 Å². The standard InChI is InChI=1S/C23H36N2O5/c1-14(2)23(5,6)16-10-8-7-9-15(16)19(21(29)30)22(3,4)13-25-20(28)17(24)11-12-18(26)27/h7-10,14,17,19H,11-13,24H2,1-6H3,(H,25,28)(H,26,27)(H,29,30)/t17-,19?/m0/s1. The van der Waals surface area contributed by atoms with Gasteiger partial charge in [-0.1, -0.05) is 65.8 Å². The van der Waals surface area contributed by atoms with Crippen molar-refractivity contribution in [3.63, 3.8) is 0 Å². The molecule has 1 rings (SSSR count). The first-order valence-corrected chi connectivity index (χ1v) is 10.3. The first-order valence-electron chi connectivity index (χ1n) is 10.3. The molecule has 7 nitrogen and oxygen atoms in total. The van der Waals surface area contributed by atoms with Crippen LogP contribution in [0.4, 0.5) is 0 Å². The van der Waals surface area contributed by atoms with Gasteiger partial charge in [0.15, 0.2) is 0 Å². The number of benzene rings is 1. The summed E-state index contributed by atoms with van der Waals surface area (Å²) in [6.45, 7) is 12.1. The Hall–Kier alpha value is -2.41. The molecule has 0 aliphatic rings. The lowest BCUT2D eigenvalue weighted by atomic mass is 9.67. The average Bonchev–Trinajstić information content (AvgIpc) is 2.63. The number of hydrogen-bond donors (Lipinski definition) is 4. The van der Waals surface area contributed by atoms with E-state index < -0.39 is 35.2 Å². The highest BCUT2D eigenvalue weighted by atomic mass is 16.4. The molecule has 7 heteroatoms. The SMILES string of the molecule is CC(C)C(C)(C)c1ccccc1C(C(=O)O)C(C)(C)CNC(=O)[C@@H](N)CCC(=O)O. The monoisotopic (exact) mass is 420 g/mol. The Morgan fingerprint density at radius 3 is 2.13 bits per heavy atom. The zero-order chi connectivity index (χ0) is 23.3. The molecule has 0 spiro atoms. The molecule has 0 saturated heterocycles. The fourth-order valence-electron chi connectivity index (χ4n) is 3.49. The van der Waals surface area contributed by atoms with Gasteiger partial charge in [0, 0.05) is 13.0 Å². The summed E-state index contributed by atoms with van der Waals surface area (Å²) in [6, 6.07) is 6.62. The third kappa shape index (κ3) is 6.29. The minimum atomic E-state index is -1.02. The number of nitrogens with two attached hydrogens (primary N) is 1. The molecule has 0 aliphatic heterocycles. The van der Waals surface area contributed by atoms with Crippen molar-refractivity contribution < 1.29 is 24.6 Å². The molecule has 5 N–H and O–H groups in total. The van der Waals surface area contributed by atoms with Gasteiger partial charge in [-0.3, -0.25) is 14.4 Å². The molecule has 1 aromatic rings. The van der Waals surface area contributed by atoms with Gasteiger partial charge in [-0.05, 0) is 34.3 Å². The van der Waals surface area contributed by atoms with E-state index in [-0.39, 0.29) is 24.8 Å². The summed E-state index contributed by atoms with van der Waals surface area (Å²) in [4.78, 5) is 35.3. The van der Waals surface area contributed by atoms with Crippen LogP contribution < -0.4 is 11.1 Å². The average molecular weight is 421 g/mol. The van der Waals surface area contributed by atoms with Gasteiger partial charge in [-0.15, -0.1) is 0 Å². The topological polar surface area (TPSA) is 130 Å². The quantitative estimate of drug-likeness (QED) is 0.435. The summed E-state index contributed by atoms with van der Waals surface area (Å²) < 4.78 is 0. The van der Waals surface area contributed by atoms with Gasteiger partial charge in [-0.2, -0.15) is 0 Å².